The third kappa shape index (κ3) is 2.43. The van der Waals surface area contributed by atoms with Crippen LogP contribution in [0, 0.1) is 3.57 Å². The number of amides is 1. The number of rotatable bonds is 3. The molecule has 0 fully saturated rings. The highest BCUT2D eigenvalue weighted by Crippen LogP contribution is 2.28. The Bertz CT molecular complexity index is 515. The molecule has 1 aromatic rings. The van der Waals surface area contributed by atoms with Gasteiger partial charge in [-0.3, -0.25) is 4.79 Å². The molecule has 5 nitrogen and oxygen atoms in total. The smallest absolute Gasteiger partial charge is 0.346 e. The van der Waals surface area contributed by atoms with E-state index in [0.717, 1.165) is 9.13 Å². The van der Waals surface area contributed by atoms with Crippen molar-refractivity contribution in [1.82, 2.24) is 5.32 Å². The van der Waals surface area contributed by atoms with Gasteiger partial charge in [-0.2, -0.15) is 0 Å². The summed E-state index contributed by atoms with van der Waals surface area (Å²) in [5.41, 5.74) is 1.58. The Balaban J connectivity index is 2.24. The Morgan fingerprint density at radius 2 is 2.22 bits per heavy atom. The van der Waals surface area contributed by atoms with Gasteiger partial charge in [0.2, 0.25) is 0 Å². The molecule has 2 rings (SSSR count). The number of halogens is 1. The molecular weight excluding hydrogens is 349 g/mol. The van der Waals surface area contributed by atoms with Crippen molar-refractivity contribution in [2.75, 3.05) is 7.11 Å². The predicted molar refractivity (Wildman–Crippen MR) is 72.4 cm³/mol. The van der Waals surface area contributed by atoms with E-state index in [0.29, 0.717) is 17.9 Å². The molecule has 0 spiro atoms. The zero-order chi connectivity index (χ0) is 13.3. The number of benzene rings is 1. The van der Waals surface area contributed by atoms with Crippen LogP contribution in [-0.2, 0) is 16.1 Å². The second kappa shape index (κ2) is 5.13. The Labute approximate surface area is 118 Å². The molecule has 1 atom stereocenters. The van der Waals surface area contributed by atoms with Crippen LogP contribution < -0.4 is 10.1 Å². The van der Waals surface area contributed by atoms with Gasteiger partial charge in [-0.15, -0.1) is 0 Å². The number of fused-ring (bicyclic) bond motifs is 1. The van der Waals surface area contributed by atoms with Gasteiger partial charge in [0.15, 0.2) is 6.10 Å². The highest BCUT2D eigenvalue weighted by molar-refractivity contribution is 14.1. The number of esters is 1. The predicted octanol–water partition coefficient (Wildman–Crippen LogP) is 1.47. The summed E-state index contributed by atoms with van der Waals surface area (Å²) in [6, 6.07) is 3.51. The minimum Gasteiger partial charge on any atom is -0.479 e. The molecule has 1 aliphatic heterocycles. The third-order valence-electron chi connectivity index (χ3n) is 2.66. The number of ether oxygens (including phenoxy) is 2. The first-order valence-corrected chi connectivity index (χ1v) is 6.46. The molecule has 1 aromatic carbocycles. The maximum absolute atomic E-state index is 11.5. The van der Waals surface area contributed by atoms with E-state index in [-0.39, 0.29) is 5.91 Å². The van der Waals surface area contributed by atoms with Crippen molar-refractivity contribution in [3.8, 4) is 5.75 Å². The number of carbonyl (C=O) groups is 2. The quantitative estimate of drug-likeness (QED) is 0.654. The molecule has 0 saturated heterocycles. The summed E-state index contributed by atoms with van der Waals surface area (Å²) in [6.45, 7) is 2.11. The maximum atomic E-state index is 11.5. The van der Waals surface area contributed by atoms with Gasteiger partial charge >= 0.3 is 5.97 Å². The molecule has 6 heteroatoms. The standard InChI is InChI=1S/C12H12INO4/c1-6(12(16)17-2)18-8-3-7-5-14-11(15)10(7)9(13)4-8/h3-4,6H,5H2,1-2H3,(H,14,15). The third-order valence-corrected chi connectivity index (χ3v) is 3.51. The van der Waals surface area contributed by atoms with Gasteiger partial charge in [-0.05, 0) is 47.2 Å². The second-order valence-corrected chi connectivity index (χ2v) is 5.07. The topological polar surface area (TPSA) is 64.6 Å². The lowest BCUT2D eigenvalue weighted by atomic mass is 10.1. The second-order valence-electron chi connectivity index (χ2n) is 3.91. The molecule has 18 heavy (non-hydrogen) atoms. The molecule has 0 aromatic heterocycles. The van der Waals surface area contributed by atoms with Crippen molar-refractivity contribution in [3.05, 3.63) is 26.8 Å². The fraction of sp³-hybridized carbons (Fsp3) is 0.333. The maximum Gasteiger partial charge on any atom is 0.346 e. The number of methoxy groups -OCH3 is 1. The van der Waals surface area contributed by atoms with E-state index in [9.17, 15) is 9.59 Å². The minimum atomic E-state index is -0.672. The van der Waals surface area contributed by atoms with Crippen molar-refractivity contribution in [3.63, 3.8) is 0 Å². The van der Waals surface area contributed by atoms with Crippen molar-refractivity contribution in [2.45, 2.75) is 19.6 Å². The van der Waals surface area contributed by atoms with Crippen LogP contribution in [0.2, 0.25) is 0 Å². The summed E-state index contributed by atoms with van der Waals surface area (Å²) >= 11 is 2.08. The zero-order valence-corrected chi connectivity index (χ0v) is 12.1. The van der Waals surface area contributed by atoms with Crippen molar-refractivity contribution >= 4 is 34.5 Å². The molecule has 1 unspecified atom stereocenters. The van der Waals surface area contributed by atoms with Gasteiger partial charge in [0.25, 0.3) is 5.91 Å². The first-order chi connectivity index (χ1) is 8.52. The summed E-state index contributed by atoms with van der Waals surface area (Å²) in [7, 11) is 1.32. The Morgan fingerprint density at radius 1 is 1.50 bits per heavy atom. The lowest BCUT2D eigenvalue weighted by molar-refractivity contribution is -0.147. The number of hydrogen-bond acceptors (Lipinski definition) is 4. The Kier molecular flexibility index (Phi) is 3.74. The Morgan fingerprint density at radius 3 is 2.89 bits per heavy atom. The first-order valence-electron chi connectivity index (χ1n) is 5.38. The molecule has 0 bridgehead atoms. The van der Waals surface area contributed by atoms with Crippen molar-refractivity contribution < 1.29 is 19.1 Å². The number of carbonyl (C=O) groups excluding carboxylic acids is 2. The molecule has 1 aliphatic rings. The van der Waals surface area contributed by atoms with Crippen LogP contribution >= 0.6 is 22.6 Å². The average molecular weight is 361 g/mol. The van der Waals surface area contributed by atoms with Crippen LogP contribution in [0.3, 0.4) is 0 Å². The lowest BCUT2D eigenvalue weighted by Gasteiger charge is -2.13. The molecule has 0 radical (unpaired) electrons. The molecule has 1 N–H and O–H groups in total. The van der Waals surface area contributed by atoms with E-state index in [1.54, 1.807) is 19.1 Å². The molecular formula is C12H12INO4. The molecule has 0 saturated carbocycles. The highest BCUT2D eigenvalue weighted by Gasteiger charge is 2.24. The fourth-order valence-electron chi connectivity index (χ4n) is 1.78. The van der Waals surface area contributed by atoms with E-state index < -0.39 is 12.1 Å². The largest absolute Gasteiger partial charge is 0.479 e. The minimum absolute atomic E-state index is 0.0676. The van der Waals surface area contributed by atoms with Crippen LogP contribution in [0.25, 0.3) is 0 Å². The van der Waals surface area contributed by atoms with E-state index in [1.165, 1.54) is 7.11 Å². The van der Waals surface area contributed by atoms with Crippen LogP contribution in [0.1, 0.15) is 22.8 Å². The van der Waals surface area contributed by atoms with E-state index in [4.69, 9.17) is 4.74 Å². The van der Waals surface area contributed by atoms with Crippen molar-refractivity contribution in [2.24, 2.45) is 0 Å². The summed E-state index contributed by atoms with van der Waals surface area (Å²) in [5, 5.41) is 2.75. The molecule has 96 valence electrons. The molecule has 1 heterocycles. The zero-order valence-electron chi connectivity index (χ0n) is 9.95. The average Bonchev–Trinajstić information content (AvgIpc) is 2.70. The SMILES string of the molecule is COC(=O)C(C)Oc1cc(I)c2c(c1)CNC2=O. The van der Waals surface area contributed by atoms with Gasteiger partial charge in [0.05, 0.1) is 12.7 Å². The van der Waals surface area contributed by atoms with E-state index >= 15 is 0 Å². The van der Waals surface area contributed by atoms with Crippen LogP contribution in [0.15, 0.2) is 12.1 Å². The van der Waals surface area contributed by atoms with Gasteiger partial charge in [0.1, 0.15) is 5.75 Å². The summed E-state index contributed by atoms with van der Waals surface area (Å²) in [5.74, 6) is 0.0641. The first kappa shape index (κ1) is 13.1. The summed E-state index contributed by atoms with van der Waals surface area (Å²) in [4.78, 5) is 22.8. The fourth-order valence-corrected chi connectivity index (χ4v) is 2.68. The Hall–Kier alpha value is -1.31. The van der Waals surface area contributed by atoms with Gasteiger partial charge in [-0.1, -0.05) is 0 Å². The lowest BCUT2D eigenvalue weighted by Crippen LogP contribution is -2.25. The monoisotopic (exact) mass is 361 g/mol. The van der Waals surface area contributed by atoms with Crippen LogP contribution in [-0.4, -0.2) is 25.1 Å². The summed E-state index contributed by atoms with van der Waals surface area (Å²) < 4.78 is 10.9. The van der Waals surface area contributed by atoms with Crippen LogP contribution in [0.5, 0.6) is 5.75 Å². The number of hydrogen-bond donors (Lipinski definition) is 1. The van der Waals surface area contributed by atoms with E-state index in [2.05, 4.69) is 32.6 Å². The van der Waals surface area contributed by atoms with Gasteiger partial charge in [0, 0.05) is 10.1 Å². The normalized spacial score (nSPS) is 14.7. The van der Waals surface area contributed by atoms with Gasteiger partial charge < -0.3 is 14.8 Å². The van der Waals surface area contributed by atoms with Crippen LogP contribution in [0.4, 0.5) is 0 Å². The van der Waals surface area contributed by atoms with Crippen molar-refractivity contribution in [1.29, 1.82) is 0 Å². The molecule has 1 amide bonds. The highest BCUT2D eigenvalue weighted by atomic mass is 127. The van der Waals surface area contributed by atoms with Gasteiger partial charge in [-0.25, -0.2) is 4.79 Å². The molecule has 0 aliphatic carbocycles. The van der Waals surface area contributed by atoms with E-state index in [1.807, 2.05) is 0 Å². The number of nitrogens with one attached hydrogen (secondary N) is 1. The summed E-state index contributed by atoms with van der Waals surface area (Å²) in [6.07, 6.45) is -0.672.